The van der Waals surface area contributed by atoms with Crippen molar-refractivity contribution in [1.82, 2.24) is 19.9 Å². The average Bonchev–Trinajstić information content (AvgIpc) is 3.16. The molecular formula is C23H23N5S. The molecule has 0 fully saturated rings. The second-order valence-corrected chi connectivity index (χ2v) is 8.46. The van der Waals surface area contributed by atoms with Crippen LogP contribution < -0.4 is 5.32 Å². The number of hydrogen-bond acceptors (Lipinski definition) is 6. The predicted octanol–water partition coefficient (Wildman–Crippen LogP) is 5.07. The Balaban J connectivity index is 1.45. The summed E-state index contributed by atoms with van der Waals surface area (Å²) in [5, 5.41) is 4.85. The van der Waals surface area contributed by atoms with Gasteiger partial charge < -0.3 is 5.32 Å². The lowest BCUT2D eigenvalue weighted by Crippen LogP contribution is -2.08. The fourth-order valence-corrected chi connectivity index (χ4v) is 5.20. The van der Waals surface area contributed by atoms with Crippen LogP contribution in [0.4, 0.5) is 5.82 Å². The number of nitrogens with one attached hydrogen (secondary N) is 1. The van der Waals surface area contributed by atoms with Crippen molar-refractivity contribution in [2.24, 2.45) is 0 Å². The molecule has 146 valence electrons. The first kappa shape index (κ1) is 18.2. The number of thiophene rings is 1. The summed E-state index contributed by atoms with van der Waals surface area (Å²) in [6.45, 7) is 0.864. The lowest BCUT2D eigenvalue weighted by molar-refractivity contribution is 0.700. The Kier molecular flexibility index (Phi) is 5.17. The van der Waals surface area contributed by atoms with Gasteiger partial charge in [0.15, 0.2) is 5.82 Å². The van der Waals surface area contributed by atoms with Crippen molar-refractivity contribution >= 4 is 27.4 Å². The number of hydrogen-bond donors (Lipinski definition) is 1. The van der Waals surface area contributed by atoms with Gasteiger partial charge in [-0.25, -0.2) is 9.97 Å². The molecule has 0 spiro atoms. The van der Waals surface area contributed by atoms with Gasteiger partial charge in [0, 0.05) is 41.3 Å². The standard InChI is InChI=1S/C23H23N5S/c1-2-9-19-18(8-1)20-22(26-13-5-7-17-6-3-4-12-25-17)27-21(28-23(20)29-19)16-10-14-24-15-11-16/h3-4,6,10-12,14-15H,1-2,5,7-9,13H2,(H,26,27,28). The van der Waals surface area contributed by atoms with E-state index in [4.69, 9.17) is 9.97 Å². The summed E-state index contributed by atoms with van der Waals surface area (Å²) >= 11 is 1.84. The quantitative estimate of drug-likeness (QED) is 0.457. The maximum atomic E-state index is 4.94. The van der Waals surface area contributed by atoms with E-state index < -0.39 is 0 Å². The molecular weight excluding hydrogens is 378 g/mol. The van der Waals surface area contributed by atoms with Crippen LogP contribution >= 0.6 is 11.3 Å². The Labute approximate surface area is 174 Å². The molecule has 0 saturated heterocycles. The number of pyridine rings is 2. The zero-order valence-electron chi connectivity index (χ0n) is 16.3. The topological polar surface area (TPSA) is 63.6 Å². The normalized spacial score (nSPS) is 13.4. The number of anilines is 1. The summed E-state index contributed by atoms with van der Waals surface area (Å²) in [5.74, 6) is 1.74. The molecule has 0 aromatic carbocycles. The lowest BCUT2D eigenvalue weighted by atomic mass is 9.97. The maximum Gasteiger partial charge on any atom is 0.163 e. The molecule has 4 heterocycles. The van der Waals surface area contributed by atoms with Crippen molar-refractivity contribution in [2.75, 3.05) is 11.9 Å². The van der Waals surface area contributed by atoms with E-state index in [1.165, 1.54) is 35.1 Å². The molecule has 29 heavy (non-hydrogen) atoms. The van der Waals surface area contributed by atoms with Gasteiger partial charge in [-0.1, -0.05) is 6.07 Å². The minimum Gasteiger partial charge on any atom is -0.369 e. The second kappa shape index (κ2) is 8.25. The number of aryl methyl sites for hydroxylation is 3. The molecule has 1 N–H and O–H groups in total. The summed E-state index contributed by atoms with van der Waals surface area (Å²) in [6.07, 6.45) is 12.2. The monoisotopic (exact) mass is 401 g/mol. The predicted molar refractivity (Wildman–Crippen MR) is 118 cm³/mol. The van der Waals surface area contributed by atoms with Crippen LogP contribution in [0.5, 0.6) is 0 Å². The van der Waals surface area contributed by atoms with Crippen molar-refractivity contribution in [1.29, 1.82) is 0 Å². The van der Waals surface area contributed by atoms with E-state index in [-0.39, 0.29) is 0 Å². The Morgan fingerprint density at radius 3 is 2.72 bits per heavy atom. The van der Waals surface area contributed by atoms with Gasteiger partial charge in [0.2, 0.25) is 0 Å². The summed E-state index contributed by atoms with van der Waals surface area (Å²) in [5.41, 5.74) is 3.60. The molecule has 6 heteroatoms. The van der Waals surface area contributed by atoms with Crippen molar-refractivity contribution in [3.63, 3.8) is 0 Å². The summed E-state index contributed by atoms with van der Waals surface area (Å²) in [7, 11) is 0. The Bertz CT molecular complexity index is 1110. The zero-order valence-corrected chi connectivity index (χ0v) is 17.1. The van der Waals surface area contributed by atoms with E-state index in [0.29, 0.717) is 0 Å². The highest BCUT2D eigenvalue weighted by Gasteiger charge is 2.21. The van der Waals surface area contributed by atoms with Crippen LogP contribution in [0.25, 0.3) is 21.6 Å². The molecule has 1 aliphatic rings. The lowest BCUT2D eigenvalue weighted by Gasteiger charge is -2.13. The molecule has 0 bridgehead atoms. The van der Waals surface area contributed by atoms with Gasteiger partial charge in [0.1, 0.15) is 10.6 Å². The number of nitrogens with zero attached hydrogens (tertiary/aromatic N) is 4. The fraction of sp³-hybridized carbons (Fsp3) is 0.304. The number of fused-ring (bicyclic) bond motifs is 3. The van der Waals surface area contributed by atoms with Crippen molar-refractivity contribution in [2.45, 2.75) is 38.5 Å². The second-order valence-electron chi connectivity index (χ2n) is 7.37. The molecule has 0 amide bonds. The molecule has 0 unspecified atom stereocenters. The summed E-state index contributed by atoms with van der Waals surface area (Å²) in [4.78, 5) is 21.0. The molecule has 5 rings (SSSR count). The van der Waals surface area contributed by atoms with Gasteiger partial charge in [-0.05, 0) is 68.4 Å². The summed E-state index contributed by atoms with van der Waals surface area (Å²) in [6, 6.07) is 10.0. The third kappa shape index (κ3) is 3.85. The van der Waals surface area contributed by atoms with E-state index in [2.05, 4.69) is 21.4 Å². The molecule has 1 aliphatic carbocycles. The Morgan fingerprint density at radius 1 is 0.966 bits per heavy atom. The van der Waals surface area contributed by atoms with Gasteiger partial charge in [-0.2, -0.15) is 0 Å². The smallest absolute Gasteiger partial charge is 0.163 e. The number of aromatic nitrogens is 4. The van der Waals surface area contributed by atoms with Crippen molar-refractivity contribution in [3.05, 3.63) is 65.1 Å². The molecule has 5 nitrogen and oxygen atoms in total. The van der Waals surface area contributed by atoms with E-state index >= 15 is 0 Å². The number of rotatable bonds is 6. The SMILES string of the molecule is c1ccc(CCCNc2nc(-c3ccncc3)nc3sc4c(c23)CCCC4)nc1. The van der Waals surface area contributed by atoms with Crippen LogP contribution in [0.2, 0.25) is 0 Å². The van der Waals surface area contributed by atoms with Crippen LogP contribution in [0.3, 0.4) is 0 Å². The molecule has 0 aliphatic heterocycles. The van der Waals surface area contributed by atoms with E-state index in [1.807, 2.05) is 41.8 Å². The largest absolute Gasteiger partial charge is 0.369 e. The van der Waals surface area contributed by atoms with Crippen LogP contribution in [-0.2, 0) is 19.3 Å². The molecule has 0 atom stereocenters. The first-order valence-electron chi connectivity index (χ1n) is 10.2. The average molecular weight is 402 g/mol. The minimum absolute atomic E-state index is 0.769. The van der Waals surface area contributed by atoms with Crippen LogP contribution in [0, 0.1) is 0 Å². The van der Waals surface area contributed by atoms with Gasteiger partial charge in [-0.15, -0.1) is 11.3 Å². The first-order chi connectivity index (χ1) is 14.4. The van der Waals surface area contributed by atoms with E-state index in [9.17, 15) is 0 Å². The van der Waals surface area contributed by atoms with E-state index in [0.717, 1.165) is 53.5 Å². The van der Waals surface area contributed by atoms with Crippen LogP contribution in [0.15, 0.2) is 48.9 Å². The van der Waals surface area contributed by atoms with E-state index in [1.54, 1.807) is 12.4 Å². The van der Waals surface area contributed by atoms with Gasteiger partial charge in [0.05, 0.1) is 5.39 Å². The molecule has 0 radical (unpaired) electrons. The van der Waals surface area contributed by atoms with Crippen LogP contribution in [-0.4, -0.2) is 26.5 Å². The summed E-state index contributed by atoms with van der Waals surface area (Å²) < 4.78 is 0. The highest BCUT2D eigenvalue weighted by atomic mass is 32.1. The van der Waals surface area contributed by atoms with Gasteiger partial charge in [-0.3, -0.25) is 9.97 Å². The molecule has 4 aromatic rings. The first-order valence-corrected chi connectivity index (χ1v) is 11.1. The third-order valence-corrected chi connectivity index (χ3v) is 6.57. The zero-order chi connectivity index (χ0) is 19.5. The molecule has 0 saturated carbocycles. The minimum atomic E-state index is 0.769. The van der Waals surface area contributed by atoms with Gasteiger partial charge in [0.25, 0.3) is 0 Å². The molecule has 4 aromatic heterocycles. The van der Waals surface area contributed by atoms with Crippen molar-refractivity contribution < 1.29 is 0 Å². The fourth-order valence-electron chi connectivity index (χ4n) is 3.94. The highest BCUT2D eigenvalue weighted by molar-refractivity contribution is 7.19. The van der Waals surface area contributed by atoms with Crippen molar-refractivity contribution in [3.8, 4) is 11.4 Å². The van der Waals surface area contributed by atoms with Gasteiger partial charge >= 0.3 is 0 Å². The Hall–Kier alpha value is -2.86. The Morgan fingerprint density at radius 2 is 1.86 bits per heavy atom. The maximum absolute atomic E-state index is 4.94. The third-order valence-electron chi connectivity index (χ3n) is 5.38. The van der Waals surface area contributed by atoms with Crippen LogP contribution in [0.1, 0.15) is 35.4 Å². The highest BCUT2D eigenvalue weighted by Crippen LogP contribution is 2.39.